The molecule has 0 heterocycles. The molecule has 0 aliphatic heterocycles. The van der Waals surface area contributed by atoms with Crippen molar-refractivity contribution in [3.63, 3.8) is 0 Å². The monoisotopic (exact) mass is 212 g/mol. The molecule has 1 aliphatic rings. The molecule has 2 heteroatoms. The molecule has 1 saturated carbocycles. The number of aliphatic hydroxyl groups is 1. The van der Waals surface area contributed by atoms with Gasteiger partial charge in [-0.1, -0.05) is 58.3 Å². The van der Waals surface area contributed by atoms with Crippen LogP contribution in [-0.4, -0.2) is 17.0 Å². The van der Waals surface area contributed by atoms with Crippen molar-refractivity contribution >= 4 is 5.78 Å². The Morgan fingerprint density at radius 2 is 1.47 bits per heavy atom. The molecule has 1 N–H and O–H groups in total. The number of carbonyl (C=O) groups is 1. The van der Waals surface area contributed by atoms with E-state index in [0.717, 1.165) is 12.8 Å². The fourth-order valence-corrected chi connectivity index (χ4v) is 2.07. The van der Waals surface area contributed by atoms with E-state index >= 15 is 0 Å². The van der Waals surface area contributed by atoms with Gasteiger partial charge in [0.25, 0.3) is 0 Å². The number of Topliss-reactive ketones (excluding diaryl/α,β-unsaturated/α-hetero) is 1. The van der Waals surface area contributed by atoms with Gasteiger partial charge in [-0.25, -0.2) is 0 Å². The van der Waals surface area contributed by atoms with Crippen molar-refractivity contribution in [1.29, 1.82) is 0 Å². The molecule has 0 aromatic carbocycles. The van der Waals surface area contributed by atoms with Crippen molar-refractivity contribution in [3.05, 3.63) is 0 Å². The molecule has 0 aromatic heterocycles. The van der Waals surface area contributed by atoms with Crippen molar-refractivity contribution in [3.8, 4) is 0 Å². The molecule has 2 atom stereocenters. The van der Waals surface area contributed by atoms with Gasteiger partial charge in [-0.05, 0) is 6.42 Å². The Labute approximate surface area is 93.1 Å². The number of ketones is 1. The molecule has 0 radical (unpaired) electrons. The predicted molar refractivity (Wildman–Crippen MR) is 61.7 cm³/mol. The lowest BCUT2D eigenvalue weighted by molar-refractivity contribution is -0.113. The fraction of sp³-hybridized carbons (Fsp3) is 0.923. The highest BCUT2D eigenvalue weighted by atomic mass is 16.3. The predicted octanol–water partition coefficient (Wildman–Crippen LogP) is 3.08. The second-order valence-corrected chi connectivity index (χ2v) is 4.72. The zero-order chi connectivity index (χ0) is 11.1. The van der Waals surface area contributed by atoms with Gasteiger partial charge in [0, 0.05) is 0 Å². The van der Waals surface area contributed by atoms with E-state index in [0.29, 0.717) is 0 Å². The molecule has 88 valence electrons. The van der Waals surface area contributed by atoms with Crippen molar-refractivity contribution in [2.75, 3.05) is 0 Å². The second kappa shape index (κ2) is 7.00. The molecule has 15 heavy (non-hydrogen) atoms. The van der Waals surface area contributed by atoms with E-state index in [1.165, 1.54) is 44.9 Å². The van der Waals surface area contributed by atoms with Gasteiger partial charge in [0.2, 0.25) is 0 Å². The van der Waals surface area contributed by atoms with E-state index in [4.69, 9.17) is 5.11 Å². The first-order valence-electron chi connectivity index (χ1n) is 6.49. The lowest BCUT2D eigenvalue weighted by Gasteiger charge is -2.00. The first kappa shape index (κ1) is 12.7. The Kier molecular flexibility index (Phi) is 5.92. The van der Waals surface area contributed by atoms with E-state index in [9.17, 15) is 4.79 Å². The Hall–Kier alpha value is -0.370. The average molecular weight is 212 g/mol. The van der Waals surface area contributed by atoms with E-state index in [2.05, 4.69) is 6.92 Å². The van der Waals surface area contributed by atoms with Crippen LogP contribution in [0, 0.1) is 5.92 Å². The molecular formula is C13H24O2. The number of unbranched alkanes of at least 4 members (excludes halogenated alkanes) is 7. The summed E-state index contributed by atoms with van der Waals surface area (Å²) in [5.41, 5.74) is 0. The highest BCUT2D eigenvalue weighted by molar-refractivity contribution is 6.01. The van der Waals surface area contributed by atoms with Gasteiger partial charge in [0.05, 0.1) is 5.92 Å². The van der Waals surface area contributed by atoms with Crippen LogP contribution in [0.1, 0.15) is 64.7 Å². The zero-order valence-electron chi connectivity index (χ0n) is 9.87. The van der Waals surface area contributed by atoms with Crippen LogP contribution in [0.25, 0.3) is 0 Å². The summed E-state index contributed by atoms with van der Waals surface area (Å²) in [4.78, 5) is 10.8. The van der Waals surface area contributed by atoms with Crippen LogP contribution in [-0.2, 0) is 4.79 Å². The minimum atomic E-state index is -0.602. The Bertz CT molecular complexity index is 189. The topological polar surface area (TPSA) is 37.3 Å². The van der Waals surface area contributed by atoms with Gasteiger partial charge in [-0.2, -0.15) is 0 Å². The molecule has 1 fully saturated rings. The Balaban J connectivity index is 1.76. The normalized spacial score (nSPS) is 24.5. The molecule has 2 nitrogen and oxygen atoms in total. The minimum Gasteiger partial charge on any atom is -0.385 e. The summed E-state index contributed by atoms with van der Waals surface area (Å²) in [6.45, 7) is 2.23. The molecule has 0 bridgehead atoms. The summed E-state index contributed by atoms with van der Waals surface area (Å²) in [7, 11) is 0. The smallest absolute Gasteiger partial charge is 0.168 e. The third-order valence-electron chi connectivity index (χ3n) is 3.30. The molecule has 0 aromatic rings. The SMILES string of the molecule is CCCCCCCCCCC1C(=O)C1O. The summed E-state index contributed by atoms with van der Waals surface area (Å²) < 4.78 is 0. The molecule has 0 spiro atoms. The number of hydrogen-bond acceptors (Lipinski definition) is 2. The molecule has 1 rings (SSSR count). The van der Waals surface area contributed by atoms with Gasteiger partial charge < -0.3 is 5.11 Å². The lowest BCUT2D eigenvalue weighted by Crippen LogP contribution is -1.86. The summed E-state index contributed by atoms with van der Waals surface area (Å²) in [6, 6.07) is 0. The van der Waals surface area contributed by atoms with Gasteiger partial charge in [0.1, 0.15) is 6.10 Å². The minimum absolute atomic E-state index is 0.00471. The van der Waals surface area contributed by atoms with Crippen LogP contribution >= 0.6 is 0 Å². The first-order chi connectivity index (χ1) is 7.27. The largest absolute Gasteiger partial charge is 0.385 e. The van der Waals surface area contributed by atoms with Gasteiger partial charge >= 0.3 is 0 Å². The average Bonchev–Trinajstić information content (AvgIpc) is 2.80. The van der Waals surface area contributed by atoms with E-state index in [1.54, 1.807) is 0 Å². The fourth-order valence-electron chi connectivity index (χ4n) is 2.07. The van der Waals surface area contributed by atoms with Gasteiger partial charge in [-0.15, -0.1) is 0 Å². The standard InChI is InChI=1S/C13H24O2/c1-2-3-4-5-6-7-8-9-10-11-12(14)13(11)15/h11-12,14H,2-10H2,1H3. The summed E-state index contributed by atoms with van der Waals surface area (Å²) in [6.07, 6.45) is 10.7. The summed E-state index contributed by atoms with van der Waals surface area (Å²) in [5, 5.41) is 9.05. The maximum Gasteiger partial charge on any atom is 0.168 e. The molecule has 0 amide bonds. The number of rotatable bonds is 9. The van der Waals surface area contributed by atoms with E-state index in [1.807, 2.05) is 0 Å². The highest BCUT2D eigenvalue weighted by Gasteiger charge is 2.46. The van der Waals surface area contributed by atoms with Gasteiger partial charge in [0.15, 0.2) is 5.78 Å². The van der Waals surface area contributed by atoms with Crippen molar-refractivity contribution in [1.82, 2.24) is 0 Å². The van der Waals surface area contributed by atoms with Crippen LogP contribution in [0.2, 0.25) is 0 Å². The second-order valence-electron chi connectivity index (χ2n) is 4.72. The van der Waals surface area contributed by atoms with Crippen molar-refractivity contribution in [2.24, 2.45) is 5.92 Å². The Morgan fingerprint density at radius 3 is 1.93 bits per heavy atom. The van der Waals surface area contributed by atoms with Crippen LogP contribution < -0.4 is 0 Å². The van der Waals surface area contributed by atoms with Crippen molar-refractivity contribution < 1.29 is 9.90 Å². The third-order valence-corrected chi connectivity index (χ3v) is 3.30. The summed E-state index contributed by atoms with van der Waals surface area (Å²) in [5.74, 6) is 0.0723. The molecular weight excluding hydrogens is 188 g/mol. The molecule has 1 aliphatic carbocycles. The number of hydrogen-bond donors (Lipinski definition) is 1. The van der Waals surface area contributed by atoms with Crippen LogP contribution in [0.4, 0.5) is 0 Å². The van der Waals surface area contributed by atoms with Crippen molar-refractivity contribution in [2.45, 2.75) is 70.8 Å². The van der Waals surface area contributed by atoms with Crippen LogP contribution in [0.15, 0.2) is 0 Å². The van der Waals surface area contributed by atoms with Gasteiger partial charge in [-0.3, -0.25) is 4.79 Å². The zero-order valence-corrected chi connectivity index (χ0v) is 9.87. The van der Waals surface area contributed by atoms with Crippen LogP contribution in [0.5, 0.6) is 0 Å². The van der Waals surface area contributed by atoms with Crippen LogP contribution in [0.3, 0.4) is 0 Å². The van der Waals surface area contributed by atoms with E-state index in [-0.39, 0.29) is 11.7 Å². The maximum atomic E-state index is 10.8. The quantitative estimate of drug-likeness (QED) is 0.596. The highest BCUT2D eigenvalue weighted by Crippen LogP contribution is 2.30. The Morgan fingerprint density at radius 1 is 1.00 bits per heavy atom. The number of carbonyl (C=O) groups excluding carboxylic acids is 1. The van der Waals surface area contributed by atoms with E-state index < -0.39 is 6.10 Å². The first-order valence-corrected chi connectivity index (χ1v) is 6.49. The lowest BCUT2D eigenvalue weighted by atomic mass is 10.1. The molecule has 2 unspecified atom stereocenters. The maximum absolute atomic E-state index is 10.8. The third kappa shape index (κ3) is 4.78. The number of aliphatic hydroxyl groups excluding tert-OH is 1. The summed E-state index contributed by atoms with van der Waals surface area (Å²) >= 11 is 0. The molecule has 0 saturated heterocycles.